The fourth-order valence-corrected chi connectivity index (χ4v) is 3.36. The second-order valence-electron chi connectivity index (χ2n) is 7.01. The van der Waals surface area contributed by atoms with Crippen molar-refractivity contribution in [2.75, 3.05) is 23.4 Å². The Bertz CT molecular complexity index is 783. The minimum atomic E-state index is -1.13. The molecule has 0 saturated carbocycles. The van der Waals surface area contributed by atoms with Gasteiger partial charge in [0.1, 0.15) is 5.41 Å². The summed E-state index contributed by atoms with van der Waals surface area (Å²) in [4.78, 5) is 29.6. The van der Waals surface area contributed by atoms with E-state index in [1.54, 1.807) is 30.7 Å². The van der Waals surface area contributed by atoms with Crippen LogP contribution in [0, 0.1) is 5.41 Å². The van der Waals surface area contributed by atoms with Crippen molar-refractivity contribution < 1.29 is 9.59 Å². The number of fused-ring (bicyclic) bond motifs is 1. The molecule has 0 aromatic heterocycles. The van der Waals surface area contributed by atoms with Gasteiger partial charge in [-0.05, 0) is 50.5 Å². The molecule has 130 valence electrons. The lowest BCUT2D eigenvalue weighted by atomic mass is 9.88. The first-order valence-corrected chi connectivity index (χ1v) is 8.66. The number of amides is 2. The molecule has 0 unspecified atom stereocenters. The average Bonchev–Trinajstić information content (AvgIpc) is 2.66. The first kappa shape index (κ1) is 17.2. The average molecular weight is 336 g/mol. The quantitative estimate of drug-likeness (QED) is 0.803. The molecule has 0 saturated heterocycles. The second kappa shape index (κ2) is 6.71. The van der Waals surface area contributed by atoms with Crippen LogP contribution in [0.5, 0.6) is 0 Å². The molecular formula is C21H24N2O2. The van der Waals surface area contributed by atoms with Gasteiger partial charge in [0.15, 0.2) is 0 Å². The van der Waals surface area contributed by atoms with Gasteiger partial charge < -0.3 is 9.80 Å². The van der Waals surface area contributed by atoms with Crippen LogP contribution in [0.2, 0.25) is 0 Å². The van der Waals surface area contributed by atoms with Gasteiger partial charge in [0, 0.05) is 25.0 Å². The summed E-state index contributed by atoms with van der Waals surface area (Å²) >= 11 is 0. The Morgan fingerprint density at radius 3 is 2.36 bits per heavy atom. The van der Waals surface area contributed by atoms with Crippen LogP contribution < -0.4 is 9.80 Å². The van der Waals surface area contributed by atoms with Gasteiger partial charge in [-0.2, -0.15) is 0 Å². The smallest absolute Gasteiger partial charge is 0.242 e. The second-order valence-corrected chi connectivity index (χ2v) is 7.01. The Morgan fingerprint density at radius 2 is 1.64 bits per heavy atom. The summed E-state index contributed by atoms with van der Waals surface area (Å²) in [5, 5.41) is 0. The molecule has 2 aromatic rings. The van der Waals surface area contributed by atoms with E-state index in [-0.39, 0.29) is 11.8 Å². The van der Waals surface area contributed by atoms with Crippen LogP contribution in [0.15, 0.2) is 54.6 Å². The number of carbonyl (C=O) groups is 2. The Morgan fingerprint density at radius 1 is 1.00 bits per heavy atom. The molecule has 0 spiro atoms. The number of hydrogen-bond donors (Lipinski definition) is 0. The summed E-state index contributed by atoms with van der Waals surface area (Å²) in [5.41, 5.74) is 1.76. The number of anilines is 2. The van der Waals surface area contributed by atoms with Crippen molar-refractivity contribution in [2.45, 2.75) is 26.7 Å². The van der Waals surface area contributed by atoms with Gasteiger partial charge in [-0.15, -0.1) is 0 Å². The monoisotopic (exact) mass is 336 g/mol. The molecule has 2 aromatic carbocycles. The van der Waals surface area contributed by atoms with Crippen molar-refractivity contribution >= 4 is 23.2 Å². The Balaban J connectivity index is 1.87. The molecule has 0 aliphatic carbocycles. The highest BCUT2D eigenvalue weighted by Gasteiger charge is 2.42. The van der Waals surface area contributed by atoms with Gasteiger partial charge in [0.2, 0.25) is 11.8 Å². The van der Waals surface area contributed by atoms with Crippen molar-refractivity contribution in [3.63, 3.8) is 0 Å². The van der Waals surface area contributed by atoms with Gasteiger partial charge in [-0.25, -0.2) is 0 Å². The topological polar surface area (TPSA) is 40.6 Å². The van der Waals surface area contributed by atoms with Crippen LogP contribution in [-0.2, 0) is 16.0 Å². The first-order chi connectivity index (χ1) is 11.9. The van der Waals surface area contributed by atoms with Crippen molar-refractivity contribution in [1.82, 2.24) is 0 Å². The lowest BCUT2D eigenvalue weighted by molar-refractivity contribution is -0.138. The van der Waals surface area contributed by atoms with Crippen LogP contribution in [0.25, 0.3) is 0 Å². The van der Waals surface area contributed by atoms with E-state index in [0.717, 1.165) is 24.2 Å². The van der Waals surface area contributed by atoms with Crippen molar-refractivity contribution in [2.24, 2.45) is 5.41 Å². The predicted molar refractivity (Wildman–Crippen MR) is 101 cm³/mol. The number of rotatable bonds is 3. The maximum Gasteiger partial charge on any atom is 0.242 e. The normalized spacial score (nSPS) is 14.0. The summed E-state index contributed by atoms with van der Waals surface area (Å²) in [6, 6.07) is 17.4. The van der Waals surface area contributed by atoms with Crippen LogP contribution in [0.4, 0.5) is 11.4 Å². The number of nitrogens with zero attached hydrogens (tertiary/aromatic N) is 2. The van der Waals surface area contributed by atoms with Crippen molar-refractivity contribution in [1.29, 1.82) is 0 Å². The fourth-order valence-electron chi connectivity index (χ4n) is 3.36. The van der Waals surface area contributed by atoms with E-state index >= 15 is 0 Å². The van der Waals surface area contributed by atoms with Crippen molar-refractivity contribution in [3.05, 3.63) is 60.2 Å². The molecule has 1 aliphatic heterocycles. The van der Waals surface area contributed by atoms with E-state index in [9.17, 15) is 9.59 Å². The van der Waals surface area contributed by atoms with Gasteiger partial charge in [0.25, 0.3) is 0 Å². The summed E-state index contributed by atoms with van der Waals surface area (Å²) in [5.74, 6) is -0.348. The van der Waals surface area contributed by atoms with E-state index in [0.29, 0.717) is 6.54 Å². The molecule has 0 fully saturated rings. The summed E-state index contributed by atoms with van der Waals surface area (Å²) in [7, 11) is 1.72. The summed E-state index contributed by atoms with van der Waals surface area (Å²) in [6.07, 6.45) is 1.89. The highest BCUT2D eigenvalue weighted by molar-refractivity contribution is 6.15. The van der Waals surface area contributed by atoms with Crippen LogP contribution >= 0.6 is 0 Å². The lowest BCUT2D eigenvalue weighted by Crippen LogP contribution is -2.51. The van der Waals surface area contributed by atoms with Gasteiger partial charge in [-0.1, -0.05) is 36.4 Å². The zero-order chi connectivity index (χ0) is 18.0. The molecule has 4 nitrogen and oxygen atoms in total. The number of benzene rings is 2. The molecule has 1 heterocycles. The van der Waals surface area contributed by atoms with Crippen LogP contribution in [-0.4, -0.2) is 25.4 Å². The van der Waals surface area contributed by atoms with E-state index in [1.165, 1.54) is 5.56 Å². The van der Waals surface area contributed by atoms with Gasteiger partial charge in [-0.3, -0.25) is 9.59 Å². The zero-order valence-electron chi connectivity index (χ0n) is 15.0. The van der Waals surface area contributed by atoms with E-state index in [4.69, 9.17) is 0 Å². The van der Waals surface area contributed by atoms with Crippen LogP contribution in [0.3, 0.4) is 0 Å². The SMILES string of the molecule is CN(C(=O)C(C)(C)C(=O)N1CCCc2ccccc21)c1ccccc1. The number of aryl methyl sites for hydroxylation is 1. The largest absolute Gasteiger partial charge is 0.315 e. The minimum absolute atomic E-state index is 0.146. The molecule has 4 heteroatoms. The maximum atomic E-state index is 13.2. The molecule has 3 rings (SSSR count). The third kappa shape index (κ3) is 3.16. The highest BCUT2D eigenvalue weighted by atomic mass is 16.2. The standard InChI is InChI=1S/C21H24N2O2/c1-21(2,19(24)22(3)17-12-5-4-6-13-17)20(25)23-15-9-11-16-10-7-8-14-18(16)23/h4-8,10,12-14H,9,11,15H2,1-3H3. The Hall–Kier alpha value is -2.62. The lowest BCUT2D eigenvalue weighted by Gasteiger charge is -2.36. The van der Waals surface area contributed by atoms with E-state index in [1.807, 2.05) is 48.5 Å². The third-order valence-electron chi connectivity index (χ3n) is 4.87. The van der Waals surface area contributed by atoms with E-state index < -0.39 is 5.41 Å². The van der Waals surface area contributed by atoms with Gasteiger partial charge in [0.05, 0.1) is 0 Å². The van der Waals surface area contributed by atoms with Gasteiger partial charge >= 0.3 is 0 Å². The third-order valence-corrected chi connectivity index (χ3v) is 4.87. The van der Waals surface area contributed by atoms with Crippen molar-refractivity contribution in [3.8, 4) is 0 Å². The maximum absolute atomic E-state index is 13.2. The molecule has 2 amide bonds. The molecule has 0 N–H and O–H groups in total. The Labute approximate surface area is 149 Å². The molecule has 0 bridgehead atoms. The fraction of sp³-hybridized carbons (Fsp3) is 0.333. The molecule has 1 aliphatic rings. The molecular weight excluding hydrogens is 312 g/mol. The first-order valence-electron chi connectivity index (χ1n) is 8.66. The highest BCUT2D eigenvalue weighted by Crippen LogP contribution is 2.32. The number of hydrogen-bond acceptors (Lipinski definition) is 2. The summed E-state index contributed by atoms with van der Waals surface area (Å²) in [6.45, 7) is 4.09. The van der Waals surface area contributed by atoms with E-state index in [2.05, 4.69) is 6.07 Å². The number of carbonyl (C=O) groups excluding carboxylic acids is 2. The van der Waals surface area contributed by atoms with Crippen LogP contribution in [0.1, 0.15) is 25.8 Å². The zero-order valence-corrected chi connectivity index (χ0v) is 15.0. The predicted octanol–water partition coefficient (Wildman–Crippen LogP) is 3.66. The summed E-state index contributed by atoms with van der Waals surface area (Å²) < 4.78 is 0. The molecule has 25 heavy (non-hydrogen) atoms. The molecule has 0 radical (unpaired) electrons. The molecule has 0 atom stereocenters. The minimum Gasteiger partial charge on any atom is -0.315 e. The number of para-hydroxylation sites is 2. The Kier molecular flexibility index (Phi) is 4.62.